The number of halogens is 3. The highest BCUT2D eigenvalue weighted by Gasteiger charge is 2.35. The van der Waals surface area contributed by atoms with Crippen LogP contribution in [-0.2, 0) is 11.2 Å². The number of imidazole rings is 1. The molecule has 5 rings (SSSR count). The highest BCUT2D eigenvalue weighted by molar-refractivity contribution is 5.76. The first kappa shape index (κ1) is 25.4. The van der Waals surface area contributed by atoms with E-state index in [1.54, 1.807) is 42.6 Å². The summed E-state index contributed by atoms with van der Waals surface area (Å²) in [5, 5.41) is 9.43. The highest BCUT2D eigenvalue weighted by Crippen LogP contribution is 2.38. The number of hydrogen-bond donors (Lipinski definition) is 1. The molecule has 3 heterocycles. The lowest BCUT2D eigenvalue weighted by Gasteiger charge is -2.27. The Bertz CT molecular complexity index is 1550. The first-order chi connectivity index (χ1) is 18.1. The van der Waals surface area contributed by atoms with Gasteiger partial charge in [0.1, 0.15) is 17.2 Å². The zero-order valence-electron chi connectivity index (χ0n) is 20.8. The number of carboxylic acid groups (broad SMARTS) is 1. The molecule has 1 unspecified atom stereocenters. The summed E-state index contributed by atoms with van der Waals surface area (Å²) in [4.78, 5) is 24.8. The molecule has 0 saturated carbocycles. The van der Waals surface area contributed by atoms with Crippen LogP contribution in [0.5, 0.6) is 5.75 Å². The molecule has 4 aromatic rings. The maximum absolute atomic E-state index is 15.1. The van der Waals surface area contributed by atoms with Gasteiger partial charge in [-0.3, -0.25) is 4.79 Å². The van der Waals surface area contributed by atoms with E-state index < -0.39 is 23.8 Å². The summed E-state index contributed by atoms with van der Waals surface area (Å²) >= 11 is 0. The number of para-hydroxylation sites is 1. The maximum atomic E-state index is 15.1. The van der Waals surface area contributed by atoms with Crippen LogP contribution < -0.4 is 4.74 Å². The van der Waals surface area contributed by atoms with Gasteiger partial charge in [0.2, 0.25) is 0 Å². The van der Waals surface area contributed by atoms with E-state index in [1.165, 1.54) is 24.5 Å². The third-order valence-corrected chi connectivity index (χ3v) is 7.07. The molecule has 0 fully saturated rings. The Kier molecular flexibility index (Phi) is 6.64. The summed E-state index contributed by atoms with van der Waals surface area (Å²) in [5.74, 6) is -0.767. The van der Waals surface area contributed by atoms with E-state index in [1.807, 2.05) is 6.08 Å². The molecule has 1 aliphatic carbocycles. The zero-order valence-corrected chi connectivity index (χ0v) is 20.8. The van der Waals surface area contributed by atoms with Crippen molar-refractivity contribution in [2.75, 3.05) is 0 Å². The molecule has 1 N–H and O–H groups in total. The molecule has 1 aromatic carbocycles. The lowest BCUT2D eigenvalue weighted by atomic mass is 9.76. The maximum Gasteiger partial charge on any atom is 0.387 e. The van der Waals surface area contributed by atoms with Crippen molar-refractivity contribution >= 4 is 17.2 Å². The average molecular weight is 523 g/mol. The van der Waals surface area contributed by atoms with Crippen LogP contribution in [0.4, 0.5) is 13.2 Å². The van der Waals surface area contributed by atoms with Gasteiger partial charge in [0.15, 0.2) is 5.82 Å². The molecule has 1 aliphatic rings. The van der Waals surface area contributed by atoms with E-state index >= 15 is 4.39 Å². The number of pyridine rings is 1. The summed E-state index contributed by atoms with van der Waals surface area (Å²) in [5.41, 5.74) is 3.07. The number of benzene rings is 1. The van der Waals surface area contributed by atoms with Crippen LogP contribution in [0.1, 0.15) is 49.0 Å². The Morgan fingerprint density at radius 3 is 2.63 bits per heavy atom. The van der Waals surface area contributed by atoms with E-state index in [0.29, 0.717) is 53.2 Å². The van der Waals surface area contributed by atoms with Gasteiger partial charge in [-0.2, -0.15) is 8.78 Å². The number of aliphatic carboxylic acids is 1. The number of alkyl halides is 2. The monoisotopic (exact) mass is 522 g/mol. The number of hydrogen-bond acceptors (Lipinski definition) is 5. The predicted molar refractivity (Wildman–Crippen MR) is 134 cm³/mol. The first-order valence-electron chi connectivity index (χ1n) is 12.1. The van der Waals surface area contributed by atoms with Crippen LogP contribution >= 0.6 is 0 Å². The molecule has 196 valence electrons. The molecule has 0 saturated heterocycles. The van der Waals surface area contributed by atoms with Crippen LogP contribution in [0.25, 0.3) is 22.3 Å². The number of aromatic nitrogens is 4. The molecule has 0 amide bonds. The lowest BCUT2D eigenvalue weighted by Crippen LogP contribution is -2.29. The van der Waals surface area contributed by atoms with Crippen LogP contribution in [0, 0.1) is 18.2 Å². The van der Waals surface area contributed by atoms with Crippen molar-refractivity contribution in [1.82, 2.24) is 19.4 Å². The Hall–Kier alpha value is -4.21. The topological polar surface area (TPSA) is 89.6 Å². The summed E-state index contributed by atoms with van der Waals surface area (Å²) in [6.07, 6.45) is 8.20. The van der Waals surface area contributed by atoms with Crippen LogP contribution in [0.15, 0.2) is 55.0 Å². The number of ether oxygens (including phenoxy) is 1. The molecular weight excluding hydrogens is 497 g/mol. The van der Waals surface area contributed by atoms with Crippen LogP contribution in [0.3, 0.4) is 0 Å². The molecule has 0 spiro atoms. The molecule has 1 atom stereocenters. The zero-order chi connectivity index (χ0) is 27.0. The van der Waals surface area contributed by atoms with Crippen molar-refractivity contribution in [3.8, 4) is 16.9 Å². The van der Waals surface area contributed by atoms with Gasteiger partial charge in [0.05, 0.1) is 11.1 Å². The van der Waals surface area contributed by atoms with E-state index in [-0.39, 0.29) is 17.7 Å². The molecule has 0 radical (unpaired) electrons. The minimum absolute atomic E-state index is 0.0730. The summed E-state index contributed by atoms with van der Waals surface area (Å²) < 4.78 is 47.3. The van der Waals surface area contributed by atoms with E-state index in [0.717, 1.165) is 5.57 Å². The Labute approximate surface area is 216 Å². The van der Waals surface area contributed by atoms with Gasteiger partial charge in [0.25, 0.3) is 0 Å². The summed E-state index contributed by atoms with van der Waals surface area (Å²) in [7, 11) is 0. The standard InChI is InChI=1S/C28H25F3N4O3/c1-16-22(11-18-5-3-4-6-23(18)38-27(30)31)35-15-20(21(29)12-24(35)34-16)19-13-32-25(33-14-19)17-7-9-28(2,10-8-17)26(36)37/h3-7,12-15,27H,8-11H2,1-2H3,(H,36,37). The molecule has 10 heteroatoms. The molecule has 3 aromatic heterocycles. The molecule has 7 nitrogen and oxygen atoms in total. The van der Waals surface area contributed by atoms with E-state index in [9.17, 15) is 18.7 Å². The van der Waals surface area contributed by atoms with Gasteiger partial charge >= 0.3 is 12.6 Å². The van der Waals surface area contributed by atoms with Gasteiger partial charge in [-0.1, -0.05) is 24.3 Å². The van der Waals surface area contributed by atoms with Gasteiger partial charge in [-0.25, -0.2) is 19.3 Å². The highest BCUT2D eigenvalue weighted by atomic mass is 19.3. The number of nitrogens with zero attached hydrogens (tertiary/aromatic N) is 4. The summed E-state index contributed by atoms with van der Waals surface area (Å²) in [6.45, 7) is 0.554. The Morgan fingerprint density at radius 1 is 1.24 bits per heavy atom. The number of fused-ring (bicyclic) bond motifs is 1. The molecule has 0 aliphatic heterocycles. The normalized spacial score (nSPS) is 17.6. The second-order valence-corrected chi connectivity index (χ2v) is 9.66. The number of allylic oxidation sites excluding steroid dienone is 2. The second kappa shape index (κ2) is 9.92. The van der Waals surface area contributed by atoms with Gasteiger partial charge in [-0.05, 0) is 44.7 Å². The minimum Gasteiger partial charge on any atom is -0.481 e. The molecule has 38 heavy (non-hydrogen) atoms. The SMILES string of the molecule is Cc1nc2cc(F)c(-c3cnc(C4=CCC(C)(C(=O)O)CC4)nc3)cn2c1Cc1ccccc1OC(F)F. The fourth-order valence-electron chi connectivity index (χ4n) is 4.69. The minimum atomic E-state index is -2.95. The van der Waals surface area contributed by atoms with Crippen molar-refractivity contribution < 1.29 is 27.8 Å². The largest absolute Gasteiger partial charge is 0.481 e. The van der Waals surface area contributed by atoms with Gasteiger partial charge < -0.3 is 14.2 Å². The number of carboxylic acids is 1. The third kappa shape index (κ3) is 4.85. The lowest BCUT2D eigenvalue weighted by molar-refractivity contribution is -0.148. The number of aryl methyl sites for hydroxylation is 1. The smallest absolute Gasteiger partial charge is 0.387 e. The second-order valence-electron chi connectivity index (χ2n) is 9.66. The third-order valence-electron chi connectivity index (χ3n) is 7.07. The van der Waals surface area contributed by atoms with E-state index in [4.69, 9.17) is 0 Å². The van der Waals surface area contributed by atoms with Crippen molar-refractivity contribution in [2.24, 2.45) is 5.41 Å². The Balaban J connectivity index is 1.46. The first-order valence-corrected chi connectivity index (χ1v) is 12.1. The van der Waals surface area contributed by atoms with Crippen LogP contribution in [0.2, 0.25) is 0 Å². The fourth-order valence-corrected chi connectivity index (χ4v) is 4.69. The summed E-state index contributed by atoms with van der Waals surface area (Å²) in [6, 6.07) is 7.85. The van der Waals surface area contributed by atoms with Crippen molar-refractivity contribution in [3.63, 3.8) is 0 Å². The Morgan fingerprint density at radius 2 is 1.97 bits per heavy atom. The van der Waals surface area contributed by atoms with Crippen molar-refractivity contribution in [3.05, 3.63) is 83.6 Å². The quantitative estimate of drug-likeness (QED) is 0.316. The van der Waals surface area contributed by atoms with Crippen molar-refractivity contribution in [2.45, 2.75) is 46.1 Å². The number of carbonyl (C=O) groups is 1. The fraction of sp³-hybridized carbons (Fsp3) is 0.286. The molecule has 0 bridgehead atoms. The van der Waals surface area contributed by atoms with E-state index in [2.05, 4.69) is 19.7 Å². The van der Waals surface area contributed by atoms with Crippen molar-refractivity contribution in [1.29, 1.82) is 0 Å². The van der Waals surface area contributed by atoms with Gasteiger partial charge in [0, 0.05) is 53.5 Å². The average Bonchev–Trinajstić information content (AvgIpc) is 3.18. The number of rotatable bonds is 7. The van der Waals surface area contributed by atoms with Crippen LogP contribution in [-0.4, -0.2) is 37.0 Å². The molecular formula is C28H25F3N4O3. The van der Waals surface area contributed by atoms with Gasteiger partial charge in [-0.15, -0.1) is 0 Å². The predicted octanol–water partition coefficient (Wildman–Crippen LogP) is 6.09.